The molecule has 0 heterocycles. The van der Waals surface area contributed by atoms with E-state index in [-0.39, 0.29) is 18.9 Å². The molecule has 0 bridgehead atoms. The number of aliphatic carboxylic acids is 1. The van der Waals surface area contributed by atoms with Gasteiger partial charge in [-0.25, -0.2) is 4.79 Å². The maximum atomic E-state index is 12.2. The summed E-state index contributed by atoms with van der Waals surface area (Å²) in [5, 5.41) is 11.8. The van der Waals surface area contributed by atoms with Crippen LogP contribution in [0.5, 0.6) is 0 Å². The van der Waals surface area contributed by atoms with E-state index < -0.39 is 29.6 Å². The molecule has 2 aromatic rings. The molecule has 0 radical (unpaired) electrons. The second-order valence-electron chi connectivity index (χ2n) is 9.24. The Morgan fingerprint density at radius 2 is 1.71 bits per heavy atom. The number of carbonyl (C=O) groups is 3. The van der Waals surface area contributed by atoms with Crippen LogP contribution in [0.1, 0.15) is 51.7 Å². The maximum absolute atomic E-state index is 12.2. The molecule has 2 amide bonds. The fourth-order valence-corrected chi connectivity index (χ4v) is 3.35. The Kier molecular flexibility index (Phi) is 9.62. The topological polar surface area (TPSA) is 128 Å². The lowest BCUT2D eigenvalue weighted by molar-refractivity contribution is -0.136. The summed E-state index contributed by atoms with van der Waals surface area (Å²) in [5.41, 5.74) is 8.22. The molecule has 0 aliphatic heterocycles. The number of nitrogens with one attached hydrogen (secondary N) is 1. The molecule has 2 aromatic carbocycles. The van der Waals surface area contributed by atoms with Crippen LogP contribution in [0.4, 0.5) is 4.79 Å². The highest BCUT2D eigenvalue weighted by Crippen LogP contribution is 2.22. The van der Waals surface area contributed by atoms with E-state index >= 15 is 0 Å². The molecule has 0 unspecified atom stereocenters. The third-order valence-corrected chi connectivity index (χ3v) is 5.05. The second-order valence-corrected chi connectivity index (χ2v) is 9.24. The lowest BCUT2D eigenvalue weighted by Gasteiger charge is -2.27. The van der Waals surface area contributed by atoms with E-state index in [1.54, 1.807) is 26.8 Å². The highest BCUT2D eigenvalue weighted by molar-refractivity contribution is 5.74. The van der Waals surface area contributed by atoms with Gasteiger partial charge in [0.05, 0.1) is 25.2 Å². The summed E-state index contributed by atoms with van der Waals surface area (Å²) < 4.78 is 11.3. The van der Waals surface area contributed by atoms with Crippen molar-refractivity contribution in [3.63, 3.8) is 0 Å². The second kappa shape index (κ2) is 12.2. The first-order chi connectivity index (χ1) is 15.9. The molecule has 0 spiro atoms. The van der Waals surface area contributed by atoms with Crippen LogP contribution in [-0.4, -0.2) is 40.8 Å². The third-order valence-electron chi connectivity index (χ3n) is 5.05. The molecule has 184 valence electrons. The van der Waals surface area contributed by atoms with E-state index in [1.165, 1.54) is 0 Å². The number of primary amides is 1. The Morgan fingerprint density at radius 3 is 2.29 bits per heavy atom. The minimum atomic E-state index is -0.867. The predicted molar refractivity (Wildman–Crippen MR) is 129 cm³/mol. The third kappa shape index (κ3) is 9.62. The largest absolute Gasteiger partial charge is 0.481 e. The van der Waals surface area contributed by atoms with Gasteiger partial charge >= 0.3 is 12.1 Å². The Labute approximate surface area is 200 Å². The first-order valence-corrected chi connectivity index (χ1v) is 11.2. The Morgan fingerprint density at radius 1 is 1.03 bits per heavy atom. The van der Waals surface area contributed by atoms with Crippen molar-refractivity contribution >= 4 is 18.0 Å². The Hall–Kier alpha value is -3.39. The number of carboxylic acids is 1. The van der Waals surface area contributed by atoms with Gasteiger partial charge in [-0.05, 0) is 56.4 Å². The average molecular weight is 471 g/mol. The van der Waals surface area contributed by atoms with Crippen LogP contribution in [0, 0.1) is 0 Å². The molecule has 8 heteroatoms. The van der Waals surface area contributed by atoms with E-state index in [2.05, 4.69) is 5.32 Å². The number of hydrogen-bond donors (Lipinski definition) is 3. The molecule has 0 saturated heterocycles. The number of ether oxygens (including phenoxy) is 2. The van der Waals surface area contributed by atoms with Crippen molar-refractivity contribution in [1.82, 2.24) is 5.32 Å². The molecule has 2 atom stereocenters. The predicted octanol–water partition coefficient (Wildman–Crippen LogP) is 4.04. The van der Waals surface area contributed by atoms with Gasteiger partial charge in [0.2, 0.25) is 5.91 Å². The quantitative estimate of drug-likeness (QED) is 0.455. The molecular formula is C26H34N2O6. The first-order valence-electron chi connectivity index (χ1n) is 11.2. The van der Waals surface area contributed by atoms with E-state index in [4.69, 9.17) is 20.3 Å². The molecule has 4 N–H and O–H groups in total. The lowest BCUT2D eigenvalue weighted by atomic mass is 10.0. The molecule has 0 aliphatic rings. The monoisotopic (exact) mass is 470 g/mol. The van der Waals surface area contributed by atoms with Crippen LogP contribution in [0.2, 0.25) is 0 Å². The Bertz CT molecular complexity index is 982. The van der Waals surface area contributed by atoms with Crippen molar-refractivity contribution in [3.8, 4) is 11.1 Å². The van der Waals surface area contributed by atoms with E-state index in [9.17, 15) is 14.4 Å². The fraction of sp³-hybridized carbons (Fsp3) is 0.423. The van der Waals surface area contributed by atoms with Gasteiger partial charge in [-0.15, -0.1) is 0 Å². The normalized spacial score (nSPS) is 13.1. The summed E-state index contributed by atoms with van der Waals surface area (Å²) in [6.45, 7) is 7.46. The number of carbonyl (C=O) groups excluding carboxylic acids is 2. The maximum Gasteiger partial charge on any atom is 0.407 e. The molecule has 0 aromatic heterocycles. The van der Waals surface area contributed by atoms with Crippen molar-refractivity contribution in [2.45, 2.75) is 71.3 Å². The minimum absolute atomic E-state index is 0.0219. The average Bonchev–Trinajstić information content (AvgIpc) is 2.73. The van der Waals surface area contributed by atoms with Crippen molar-refractivity contribution in [2.75, 3.05) is 0 Å². The number of alkyl carbamates (subject to hydrolysis) is 1. The number of amides is 2. The zero-order chi connectivity index (χ0) is 25.3. The molecule has 8 nitrogen and oxygen atoms in total. The Balaban J connectivity index is 2.00. The van der Waals surface area contributed by atoms with E-state index in [1.807, 2.05) is 49.4 Å². The summed E-state index contributed by atoms with van der Waals surface area (Å²) in [4.78, 5) is 34.4. The van der Waals surface area contributed by atoms with Crippen molar-refractivity contribution in [2.24, 2.45) is 5.73 Å². The zero-order valence-corrected chi connectivity index (χ0v) is 20.2. The summed E-state index contributed by atoms with van der Waals surface area (Å²) in [6, 6.07) is 14.8. The number of carboxylic acid groups (broad SMARTS) is 1. The van der Waals surface area contributed by atoms with Gasteiger partial charge < -0.3 is 25.6 Å². The van der Waals surface area contributed by atoms with Gasteiger partial charge in [-0.1, -0.05) is 48.5 Å². The van der Waals surface area contributed by atoms with Crippen LogP contribution in [0.3, 0.4) is 0 Å². The SMILES string of the molecule is C[C@@H](OCc1ccc(-c2cccc(CC(=O)O)c2)cc1)[C@H](CCC(N)=O)NC(=O)OC(C)(C)C. The number of benzene rings is 2. The van der Waals surface area contributed by atoms with Crippen molar-refractivity contribution in [1.29, 1.82) is 0 Å². The van der Waals surface area contributed by atoms with Crippen LogP contribution in [0.15, 0.2) is 48.5 Å². The molecular weight excluding hydrogens is 436 g/mol. The lowest BCUT2D eigenvalue weighted by Crippen LogP contribution is -2.45. The van der Waals surface area contributed by atoms with Gasteiger partial charge in [-0.2, -0.15) is 0 Å². The van der Waals surface area contributed by atoms with Crippen LogP contribution in [-0.2, 0) is 32.1 Å². The first kappa shape index (κ1) is 26.9. The van der Waals surface area contributed by atoms with Crippen LogP contribution < -0.4 is 11.1 Å². The van der Waals surface area contributed by atoms with E-state index in [0.29, 0.717) is 13.0 Å². The van der Waals surface area contributed by atoms with Gasteiger partial charge in [0.15, 0.2) is 0 Å². The van der Waals surface area contributed by atoms with Crippen molar-refractivity contribution < 1.29 is 29.0 Å². The number of rotatable bonds is 11. The van der Waals surface area contributed by atoms with Crippen LogP contribution >= 0.6 is 0 Å². The minimum Gasteiger partial charge on any atom is -0.481 e. The summed E-state index contributed by atoms with van der Waals surface area (Å²) >= 11 is 0. The molecule has 2 rings (SSSR count). The summed E-state index contributed by atoms with van der Waals surface area (Å²) in [7, 11) is 0. The van der Waals surface area contributed by atoms with Gasteiger partial charge in [0, 0.05) is 6.42 Å². The number of hydrogen-bond acceptors (Lipinski definition) is 5. The van der Waals surface area contributed by atoms with E-state index in [0.717, 1.165) is 22.3 Å². The zero-order valence-electron chi connectivity index (χ0n) is 20.2. The van der Waals surface area contributed by atoms with Gasteiger partial charge in [0.25, 0.3) is 0 Å². The molecule has 0 saturated carbocycles. The highest BCUT2D eigenvalue weighted by Gasteiger charge is 2.24. The number of nitrogens with two attached hydrogens (primary N) is 1. The fourth-order valence-electron chi connectivity index (χ4n) is 3.35. The summed E-state index contributed by atoms with van der Waals surface area (Å²) in [6.07, 6.45) is -0.539. The standard InChI is InChI=1S/C26H34N2O6/c1-17(22(12-13-23(27)29)28-25(32)34-26(2,3)4)33-16-18-8-10-20(11-9-18)21-7-5-6-19(14-21)15-24(30)31/h5-11,14,17,22H,12-13,15-16H2,1-4H3,(H2,27,29)(H,28,32)(H,30,31)/t17-,22+/m1/s1. The molecule has 0 fully saturated rings. The van der Waals surface area contributed by atoms with Crippen LogP contribution in [0.25, 0.3) is 11.1 Å². The molecule has 34 heavy (non-hydrogen) atoms. The van der Waals surface area contributed by atoms with Gasteiger partial charge in [0.1, 0.15) is 5.60 Å². The van der Waals surface area contributed by atoms with Crippen molar-refractivity contribution in [3.05, 3.63) is 59.7 Å². The van der Waals surface area contributed by atoms with Gasteiger partial charge in [-0.3, -0.25) is 9.59 Å². The molecule has 0 aliphatic carbocycles. The summed E-state index contributed by atoms with van der Waals surface area (Å²) in [5.74, 6) is -1.32. The smallest absolute Gasteiger partial charge is 0.407 e. The highest BCUT2D eigenvalue weighted by atomic mass is 16.6.